The summed E-state index contributed by atoms with van der Waals surface area (Å²) in [6.07, 6.45) is 1.39. The first-order chi connectivity index (χ1) is 9.50. The molecule has 6 heteroatoms. The van der Waals surface area contributed by atoms with Crippen LogP contribution in [0, 0.1) is 5.82 Å². The van der Waals surface area contributed by atoms with E-state index in [0.717, 1.165) is 5.56 Å². The van der Waals surface area contributed by atoms with Crippen molar-refractivity contribution in [2.45, 2.75) is 30.0 Å². The van der Waals surface area contributed by atoms with Gasteiger partial charge in [-0.05, 0) is 55.0 Å². The molecule has 1 unspecified atom stereocenters. The highest BCUT2D eigenvalue weighted by Gasteiger charge is 2.34. The first kappa shape index (κ1) is 13.6. The van der Waals surface area contributed by atoms with Gasteiger partial charge in [0.25, 0.3) is 10.0 Å². The Bertz CT molecular complexity index is 726. The average molecular weight is 311 g/mol. The van der Waals surface area contributed by atoms with Crippen LogP contribution in [0.3, 0.4) is 0 Å². The van der Waals surface area contributed by atoms with E-state index < -0.39 is 10.0 Å². The van der Waals surface area contributed by atoms with Crippen molar-refractivity contribution in [3.63, 3.8) is 0 Å². The van der Waals surface area contributed by atoms with Gasteiger partial charge in [-0.3, -0.25) is 4.31 Å². The highest BCUT2D eigenvalue weighted by molar-refractivity contribution is 7.94. The summed E-state index contributed by atoms with van der Waals surface area (Å²) in [4.78, 5) is 0. The molecule has 0 bridgehead atoms. The molecule has 1 aliphatic rings. The Hall–Kier alpha value is -1.40. The van der Waals surface area contributed by atoms with Crippen molar-refractivity contribution in [3.8, 4) is 0 Å². The van der Waals surface area contributed by atoms with Gasteiger partial charge in [0, 0.05) is 6.04 Å². The molecule has 3 rings (SSSR count). The molecule has 0 aliphatic carbocycles. The third kappa shape index (κ3) is 2.13. The van der Waals surface area contributed by atoms with Crippen molar-refractivity contribution in [1.82, 2.24) is 0 Å². The van der Waals surface area contributed by atoms with Crippen molar-refractivity contribution < 1.29 is 12.8 Å². The Kier molecular flexibility index (Phi) is 3.30. The van der Waals surface area contributed by atoms with E-state index in [9.17, 15) is 12.8 Å². The first-order valence-electron chi connectivity index (χ1n) is 6.36. The summed E-state index contributed by atoms with van der Waals surface area (Å²) in [7, 11) is -3.56. The van der Waals surface area contributed by atoms with Gasteiger partial charge < -0.3 is 0 Å². The third-order valence-electron chi connectivity index (χ3n) is 3.52. The summed E-state index contributed by atoms with van der Waals surface area (Å²) in [6.45, 7) is 1.89. The van der Waals surface area contributed by atoms with Gasteiger partial charge in [0.15, 0.2) is 0 Å². The molecule has 106 valence electrons. The Morgan fingerprint density at radius 1 is 1.35 bits per heavy atom. The quantitative estimate of drug-likeness (QED) is 0.852. The van der Waals surface area contributed by atoms with E-state index in [2.05, 4.69) is 0 Å². The third-order valence-corrected chi connectivity index (χ3v) is 6.82. The molecule has 0 N–H and O–H groups in total. The second-order valence-corrected chi connectivity index (χ2v) is 7.88. The predicted molar refractivity (Wildman–Crippen MR) is 78.2 cm³/mol. The zero-order valence-corrected chi connectivity index (χ0v) is 12.5. The summed E-state index contributed by atoms with van der Waals surface area (Å²) in [6, 6.07) is 7.50. The van der Waals surface area contributed by atoms with Gasteiger partial charge in [-0.1, -0.05) is 6.07 Å². The summed E-state index contributed by atoms with van der Waals surface area (Å²) >= 11 is 1.20. The standard InChI is InChI=1S/C14H14FNO2S2/c1-10-4-5-11-9-12(15)6-7-13(11)16(10)20(17,18)14-3-2-8-19-14/h2-3,6-10H,4-5H2,1H3. The number of nitrogens with zero attached hydrogens (tertiary/aromatic N) is 1. The van der Waals surface area contributed by atoms with Gasteiger partial charge in [-0.2, -0.15) is 0 Å². The minimum absolute atomic E-state index is 0.125. The Morgan fingerprint density at radius 3 is 2.85 bits per heavy atom. The molecule has 1 aliphatic heterocycles. The van der Waals surface area contributed by atoms with Crippen LogP contribution >= 0.6 is 11.3 Å². The number of thiophene rings is 1. The van der Waals surface area contributed by atoms with E-state index in [1.807, 2.05) is 6.92 Å². The second kappa shape index (κ2) is 4.86. The highest BCUT2D eigenvalue weighted by atomic mass is 32.2. The molecule has 1 aromatic carbocycles. The van der Waals surface area contributed by atoms with Crippen LogP contribution in [0.1, 0.15) is 18.9 Å². The second-order valence-electron chi connectivity index (χ2n) is 4.89. The van der Waals surface area contributed by atoms with Crippen LogP contribution in [0.5, 0.6) is 0 Å². The van der Waals surface area contributed by atoms with E-state index in [1.165, 1.54) is 27.8 Å². The topological polar surface area (TPSA) is 37.4 Å². The number of hydrogen-bond acceptors (Lipinski definition) is 3. The Labute approximate surface area is 121 Å². The van der Waals surface area contributed by atoms with Crippen LogP contribution < -0.4 is 4.31 Å². The summed E-state index contributed by atoms with van der Waals surface area (Å²) in [5, 5.41) is 1.74. The van der Waals surface area contributed by atoms with Crippen LogP contribution in [0.25, 0.3) is 0 Å². The summed E-state index contributed by atoms with van der Waals surface area (Å²) in [5.41, 5.74) is 1.35. The molecule has 0 saturated heterocycles. The predicted octanol–water partition coefficient (Wildman–Crippen LogP) is 3.42. The number of fused-ring (bicyclic) bond motifs is 1. The molecule has 0 spiro atoms. The highest BCUT2D eigenvalue weighted by Crippen LogP contribution is 2.36. The molecule has 0 saturated carbocycles. The van der Waals surface area contributed by atoms with Crippen LogP contribution in [-0.2, 0) is 16.4 Å². The molecule has 1 atom stereocenters. The Morgan fingerprint density at radius 2 is 2.15 bits per heavy atom. The van der Waals surface area contributed by atoms with E-state index in [0.29, 0.717) is 22.7 Å². The fourth-order valence-corrected chi connectivity index (χ4v) is 5.36. The number of sulfonamides is 1. The summed E-state index contributed by atoms with van der Waals surface area (Å²) in [5.74, 6) is -0.327. The smallest absolute Gasteiger partial charge is 0.263 e. The van der Waals surface area contributed by atoms with Crippen LogP contribution in [-0.4, -0.2) is 14.5 Å². The zero-order chi connectivity index (χ0) is 14.3. The molecule has 1 aromatic heterocycles. The molecular formula is C14H14FNO2S2. The van der Waals surface area contributed by atoms with Crippen LogP contribution in [0.15, 0.2) is 39.9 Å². The lowest BCUT2D eigenvalue weighted by atomic mass is 9.99. The van der Waals surface area contributed by atoms with Crippen molar-refractivity contribution >= 4 is 27.0 Å². The molecule has 3 nitrogen and oxygen atoms in total. The lowest BCUT2D eigenvalue weighted by Gasteiger charge is -2.35. The van der Waals surface area contributed by atoms with Gasteiger partial charge in [0.2, 0.25) is 0 Å². The number of rotatable bonds is 2. The maximum atomic E-state index is 13.3. The maximum Gasteiger partial charge on any atom is 0.274 e. The first-order valence-corrected chi connectivity index (χ1v) is 8.68. The zero-order valence-electron chi connectivity index (χ0n) is 10.9. The van der Waals surface area contributed by atoms with E-state index in [-0.39, 0.29) is 11.9 Å². The maximum absolute atomic E-state index is 13.3. The lowest BCUT2D eigenvalue weighted by Crippen LogP contribution is -2.41. The van der Waals surface area contributed by atoms with Crippen molar-refractivity contribution in [2.75, 3.05) is 4.31 Å². The number of aryl methyl sites for hydroxylation is 1. The minimum atomic E-state index is -3.56. The average Bonchev–Trinajstić information content (AvgIpc) is 2.93. The number of hydrogen-bond donors (Lipinski definition) is 0. The van der Waals surface area contributed by atoms with Crippen molar-refractivity contribution in [1.29, 1.82) is 0 Å². The normalized spacial score (nSPS) is 18.9. The molecular weight excluding hydrogens is 297 g/mol. The van der Waals surface area contributed by atoms with Crippen LogP contribution in [0.4, 0.5) is 10.1 Å². The van der Waals surface area contributed by atoms with Crippen molar-refractivity contribution in [3.05, 3.63) is 47.1 Å². The van der Waals surface area contributed by atoms with Gasteiger partial charge in [0.05, 0.1) is 5.69 Å². The Balaban J connectivity index is 2.15. The number of anilines is 1. The molecule has 20 heavy (non-hydrogen) atoms. The minimum Gasteiger partial charge on any atom is -0.263 e. The fourth-order valence-electron chi connectivity index (χ4n) is 2.56. The van der Waals surface area contributed by atoms with Gasteiger partial charge in [-0.25, -0.2) is 12.8 Å². The monoisotopic (exact) mass is 311 g/mol. The largest absolute Gasteiger partial charge is 0.274 e. The fraction of sp³-hybridized carbons (Fsp3) is 0.286. The molecule has 0 fully saturated rings. The van der Waals surface area contributed by atoms with Gasteiger partial charge in [-0.15, -0.1) is 11.3 Å². The van der Waals surface area contributed by atoms with E-state index >= 15 is 0 Å². The molecule has 2 aromatic rings. The lowest BCUT2D eigenvalue weighted by molar-refractivity contribution is 0.561. The molecule has 2 heterocycles. The van der Waals surface area contributed by atoms with E-state index in [4.69, 9.17) is 0 Å². The van der Waals surface area contributed by atoms with E-state index in [1.54, 1.807) is 23.6 Å². The van der Waals surface area contributed by atoms with Gasteiger partial charge >= 0.3 is 0 Å². The number of benzene rings is 1. The van der Waals surface area contributed by atoms with Crippen molar-refractivity contribution in [2.24, 2.45) is 0 Å². The van der Waals surface area contributed by atoms with Gasteiger partial charge in [0.1, 0.15) is 10.0 Å². The SMILES string of the molecule is CC1CCc2cc(F)ccc2N1S(=O)(=O)c1cccs1. The number of halogens is 1. The molecule has 0 amide bonds. The summed E-state index contributed by atoms with van der Waals surface area (Å²) < 4.78 is 40.6. The molecule has 0 radical (unpaired) electrons. The van der Waals surface area contributed by atoms with Crippen LogP contribution in [0.2, 0.25) is 0 Å².